The molecule has 6 nitrogen and oxygen atoms in total. The number of hydrogen-bond donors (Lipinski definition) is 3. The summed E-state index contributed by atoms with van der Waals surface area (Å²) >= 11 is 0.849. The van der Waals surface area contributed by atoms with Crippen molar-refractivity contribution in [3.05, 3.63) is 29.0 Å². The van der Waals surface area contributed by atoms with Crippen molar-refractivity contribution in [3.8, 4) is 10.4 Å². The van der Waals surface area contributed by atoms with Crippen LogP contribution in [0.3, 0.4) is 0 Å². The molecule has 0 atom stereocenters. The van der Waals surface area contributed by atoms with Gasteiger partial charge in [-0.3, -0.25) is 4.79 Å². The molecule has 1 aliphatic carbocycles. The first-order valence-corrected chi connectivity index (χ1v) is 10.2. The maximum Gasteiger partial charge on any atom is 0.417 e. The molecule has 2 heterocycles. The Morgan fingerprint density at radius 3 is 2.55 bits per heavy atom. The highest BCUT2D eigenvalue weighted by Crippen LogP contribution is 2.40. The molecule has 1 aliphatic rings. The largest absolute Gasteiger partial charge is 0.417 e. The highest BCUT2D eigenvalue weighted by atomic mass is 32.1. The third kappa shape index (κ3) is 5.66. The smallest absolute Gasteiger partial charge is 0.389 e. The highest BCUT2D eigenvalue weighted by molar-refractivity contribution is 7.17. The zero-order valence-corrected chi connectivity index (χ0v) is 17.0. The lowest BCUT2D eigenvalue weighted by molar-refractivity contribution is -0.137. The number of alkyl halides is 3. The zero-order valence-electron chi connectivity index (χ0n) is 16.1. The van der Waals surface area contributed by atoms with E-state index in [0.29, 0.717) is 0 Å². The number of anilines is 1. The highest BCUT2D eigenvalue weighted by Gasteiger charge is 2.35. The Morgan fingerprint density at radius 1 is 1.24 bits per heavy atom. The Balaban J connectivity index is 1.84. The average molecular weight is 428 g/mol. The van der Waals surface area contributed by atoms with E-state index in [4.69, 9.17) is 0 Å². The summed E-state index contributed by atoms with van der Waals surface area (Å²) in [5.41, 5.74) is -2.04. The van der Waals surface area contributed by atoms with Crippen molar-refractivity contribution in [1.82, 2.24) is 15.3 Å². The average Bonchev–Trinajstić information content (AvgIpc) is 3.30. The summed E-state index contributed by atoms with van der Waals surface area (Å²) in [5.74, 6) is -0.356. The van der Waals surface area contributed by atoms with Crippen LogP contribution in [0, 0.1) is 0 Å². The molecule has 158 valence electrons. The second kappa shape index (κ2) is 8.27. The van der Waals surface area contributed by atoms with E-state index in [0.717, 1.165) is 43.1 Å². The van der Waals surface area contributed by atoms with Gasteiger partial charge in [0.05, 0.1) is 16.0 Å². The molecule has 10 heteroatoms. The molecular formula is C19H23F3N4O2S. The standard InChI is InChI=1S/C19H23F3N4O2S/c1-18(2,28)10-25-16(27)17-24-9-14(29-17)12-8-23-15(7-13(12)19(20,21)22)26-11-5-3-4-6-11/h7-9,11,28H,3-6,10H2,1-2H3,(H,23,26)(H,25,27). The van der Waals surface area contributed by atoms with Crippen molar-refractivity contribution in [3.63, 3.8) is 0 Å². The monoisotopic (exact) mass is 428 g/mol. The van der Waals surface area contributed by atoms with Gasteiger partial charge in [-0.1, -0.05) is 12.8 Å². The van der Waals surface area contributed by atoms with E-state index in [2.05, 4.69) is 20.6 Å². The van der Waals surface area contributed by atoms with Crippen LogP contribution < -0.4 is 10.6 Å². The Kier molecular flexibility index (Phi) is 6.13. The van der Waals surface area contributed by atoms with Crippen molar-refractivity contribution in [2.45, 2.75) is 57.3 Å². The topological polar surface area (TPSA) is 87.1 Å². The number of aromatic nitrogens is 2. The van der Waals surface area contributed by atoms with Crippen molar-refractivity contribution in [2.24, 2.45) is 0 Å². The second-order valence-electron chi connectivity index (χ2n) is 7.76. The maximum atomic E-state index is 13.7. The number of thiazole rings is 1. The molecule has 1 saturated carbocycles. The van der Waals surface area contributed by atoms with Crippen LogP contribution in [-0.2, 0) is 6.18 Å². The molecule has 0 aromatic carbocycles. The fourth-order valence-corrected chi connectivity index (χ4v) is 3.98. The Bertz CT molecular complexity index is 871. The summed E-state index contributed by atoms with van der Waals surface area (Å²) in [7, 11) is 0. The number of nitrogens with one attached hydrogen (secondary N) is 2. The summed E-state index contributed by atoms with van der Waals surface area (Å²) in [4.78, 5) is 20.4. The van der Waals surface area contributed by atoms with Crippen LogP contribution in [0.2, 0.25) is 0 Å². The fraction of sp³-hybridized carbons (Fsp3) is 0.526. The number of nitrogens with zero attached hydrogens (tertiary/aromatic N) is 2. The minimum Gasteiger partial charge on any atom is -0.389 e. The first kappa shape index (κ1) is 21.5. The van der Waals surface area contributed by atoms with Crippen LogP contribution in [0.15, 0.2) is 18.5 Å². The SMILES string of the molecule is CC(C)(O)CNC(=O)c1ncc(-c2cnc(NC3CCCC3)cc2C(F)(F)F)s1. The minimum absolute atomic E-state index is 0.00234. The van der Waals surface area contributed by atoms with Gasteiger partial charge < -0.3 is 15.7 Å². The van der Waals surface area contributed by atoms with Crippen LogP contribution in [0.5, 0.6) is 0 Å². The molecule has 0 bridgehead atoms. The Labute approximate surface area is 170 Å². The van der Waals surface area contributed by atoms with Gasteiger partial charge in [-0.25, -0.2) is 9.97 Å². The molecule has 0 aliphatic heterocycles. The number of hydrogen-bond acceptors (Lipinski definition) is 6. The molecule has 0 radical (unpaired) electrons. The first-order chi connectivity index (χ1) is 13.5. The van der Waals surface area contributed by atoms with E-state index < -0.39 is 23.2 Å². The van der Waals surface area contributed by atoms with E-state index in [-0.39, 0.29) is 33.9 Å². The lowest BCUT2D eigenvalue weighted by Gasteiger charge is -2.17. The number of rotatable bonds is 6. The quantitative estimate of drug-likeness (QED) is 0.645. The van der Waals surface area contributed by atoms with Gasteiger partial charge in [0.2, 0.25) is 0 Å². The van der Waals surface area contributed by atoms with Crippen molar-refractivity contribution in [2.75, 3.05) is 11.9 Å². The number of pyridine rings is 1. The predicted octanol–water partition coefficient (Wildman–Crippen LogP) is 4.08. The van der Waals surface area contributed by atoms with E-state index in [1.807, 2.05) is 0 Å². The van der Waals surface area contributed by atoms with Gasteiger partial charge in [-0.15, -0.1) is 11.3 Å². The molecular weight excluding hydrogens is 405 g/mol. The van der Waals surface area contributed by atoms with Gasteiger partial charge in [0, 0.05) is 30.5 Å². The summed E-state index contributed by atoms with van der Waals surface area (Å²) in [6.07, 6.45) is 1.79. The molecule has 1 fully saturated rings. The van der Waals surface area contributed by atoms with Crippen LogP contribution >= 0.6 is 11.3 Å². The van der Waals surface area contributed by atoms with Crippen LogP contribution in [0.4, 0.5) is 19.0 Å². The number of carbonyl (C=O) groups excluding carboxylic acids is 1. The van der Waals surface area contributed by atoms with E-state index in [9.17, 15) is 23.1 Å². The number of carbonyl (C=O) groups is 1. The third-order valence-electron chi connectivity index (χ3n) is 4.56. The van der Waals surface area contributed by atoms with Gasteiger partial charge in [0.1, 0.15) is 5.82 Å². The molecule has 0 saturated heterocycles. The van der Waals surface area contributed by atoms with Gasteiger partial charge in [-0.2, -0.15) is 13.2 Å². The Morgan fingerprint density at radius 2 is 1.93 bits per heavy atom. The van der Waals surface area contributed by atoms with Gasteiger partial charge in [-0.05, 0) is 32.8 Å². The summed E-state index contributed by atoms with van der Waals surface area (Å²) in [5, 5.41) is 15.3. The summed E-state index contributed by atoms with van der Waals surface area (Å²) in [6.45, 7) is 3.06. The van der Waals surface area contributed by atoms with Crippen molar-refractivity contribution >= 4 is 23.1 Å². The van der Waals surface area contributed by atoms with Gasteiger partial charge in [0.25, 0.3) is 5.91 Å². The number of halogens is 3. The lowest BCUT2D eigenvalue weighted by atomic mass is 10.1. The molecule has 29 heavy (non-hydrogen) atoms. The normalized spacial score (nSPS) is 15.5. The van der Waals surface area contributed by atoms with Crippen LogP contribution in [-0.4, -0.2) is 39.2 Å². The van der Waals surface area contributed by atoms with E-state index in [1.165, 1.54) is 26.2 Å². The van der Waals surface area contributed by atoms with Crippen molar-refractivity contribution < 1.29 is 23.1 Å². The predicted molar refractivity (Wildman–Crippen MR) is 105 cm³/mol. The van der Waals surface area contributed by atoms with E-state index >= 15 is 0 Å². The number of amides is 1. The zero-order chi connectivity index (χ0) is 21.2. The minimum atomic E-state index is -4.57. The molecule has 2 aromatic rings. The second-order valence-corrected chi connectivity index (χ2v) is 8.79. The van der Waals surface area contributed by atoms with Crippen LogP contribution in [0.1, 0.15) is 54.9 Å². The van der Waals surface area contributed by atoms with Crippen LogP contribution in [0.25, 0.3) is 10.4 Å². The summed E-state index contributed by atoms with van der Waals surface area (Å²) < 4.78 is 41.0. The van der Waals surface area contributed by atoms with Crippen molar-refractivity contribution in [1.29, 1.82) is 0 Å². The Hall–Kier alpha value is -2.20. The third-order valence-corrected chi connectivity index (χ3v) is 5.59. The molecule has 3 N–H and O–H groups in total. The molecule has 2 aromatic heterocycles. The van der Waals surface area contributed by atoms with E-state index in [1.54, 1.807) is 0 Å². The molecule has 3 rings (SSSR count). The molecule has 1 amide bonds. The van der Waals surface area contributed by atoms with Gasteiger partial charge in [0.15, 0.2) is 5.01 Å². The number of aliphatic hydroxyl groups is 1. The lowest BCUT2D eigenvalue weighted by Crippen LogP contribution is -2.38. The summed E-state index contributed by atoms with van der Waals surface area (Å²) in [6, 6.07) is 1.16. The van der Waals surface area contributed by atoms with Gasteiger partial charge >= 0.3 is 6.18 Å². The maximum absolute atomic E-state index is 13.7. The fourth-order valence-electron chi connectivity index (χ4n) is 3.12. The molecule has 0 unspecified atom stereocenters. The first-order valence-electron chi connectivity index (χ1n) is 9.33. The molecule has 0 spiro atoms.